The topological polar surface area (TPSA) is 83.5 Å². The predicted octanol–water partition coefficient (Wildman–Crippen LogP) is 3.64. The van der Waals surface area contributed by atoms with Gasteiger partial charge in [-0.1, -0.05) is 62.4 Å². The number of benzene rings is 2. The summed E-state index contributed by atoms with van der Waals surface area (Å²) in [6.07, 6.45) is 0.361. The average Bonchev–Trinajstić information content (AvgIpc) is 2.66. The van der Waals surface area contributed by atoms with Crippen LogP contribution in [0.2, 0.25) is 0 Å². The molecule has 0 aromatic heterocycles. The third-order valence-electron chi connectivity index (χ3n) is 4.40. The lowest BCUT2D eigenvalue weighted by Crippen LogP contribution is -2.43. The molecule has 2 aromatic rings. The third-order valence-corrected chi connectivity index (χ3v) is 4.40. The number of carbonyl (C=O) groups is 3. The van der Waals surface area contributed by atoms with E-state index in [0.29, 0.717) is 23.1 Å². The van der Waals surface area contributed by atoms with Gasteiger partial charge in [0.1, 0.15) is 6.04 Å². The summed E-state index contributed by atoms with van der Waals surface area (Å²) in [5, 5.41) is 11.9. The first kappa shape index (κ1) is 20.4. The van der Waals surface area contributed by atoms with E-state index in [1.165, 1.54) is 0 Å². The molecule has 0 fully saturated rings. The molecule has 0 spiro atoms. The zero-order valence-corrected chi connectivity index (χ0v) is 15.8. The van der Waals surface area contributed by atoms with Crippen LogP contribution in [0, 0.1) is 5.92 Å². The van der Waals surface area contributed by atoms with Crippen LogP contribution in [0.5, 0.6) is 0 Å². The Morgan fingerprint density at radius 2 is 1.56 bits per heavy atom. The Labute approximate surface area is 159 Å². The average molecular weight is 367 g/mol. The highest BCUT2D eigenvalue weighted by Crippen LogP contribution is 2.20. The molecule has 2 aromatic carbocycles. The number of rotatable bonds is 8. The molecule has 5 heteroatoms. The van der Waals surface area contributed by atoms with Crippen LogP contribution in [0.3, 0.4) is 0 Å². The number of aliphatic carboxylic acids is 1. The summed E-state index contributed by atoms with van der Waals surface area (Å²) >= 11 is 0. The molecule has 0 aliphatic heterocycles. The molecule has 2 atom stereocenters. The van der Waals surface area contributed by atoms with Crippen molar-refractivity contribution in [2.75, 3.05) is 0 Å². The monoisotopic (exact) mass is 367 g/mol. The Morgan fingerprint density at radius 3 is 2.15 bits per heavy atom. The SMILES string of the molecule is CC(C)C[C@H](NC(=O)C(C)c1cccc(C(=O)c2ccccc2)c1)C(=O)O. The van der Waals surface area contributed by atoms with Crippen LogP contribution >= 0.6 is 0 Å². The standard InChI is InChI=1S/C22H25NO4/c1-14(2)12-19(22(26)27)23-21(25)15(3)17-10-7-11-18(13-17)20(24)16-8-5-4-6-9-16/h4-11,13-15,19H,12H2,1-3H3,(H,23,25)(H,26,27)/t15?,19-/m0/s1. The van der Waals surface area contributed by atoms with Gasteiger partial charge in [-0.15, -0.1) is 0 Å². The maximum Gasteiger partial charge on any atom is 0.326 e. The summed E-state index contributed by atoms with van der Waals surface area (Å²) in [4.78, 5) is 36.5. The van der Waals surface area contributed by atoms with Crippen molar-refractivity contribution in [2.24, 2.45) is 5.92 Å². The fourth-order valence-electron chi connectivity index (χ4n) is 2.85. The van der Waals surface area contributed by atoms with Gasteiger partial charge >= 0.3 is 5.97 Å². The molecule has 2 N–H and O–H groups in total. The second-order valence-electron chi connectivity index (χ2n) is 7.07. The Morgan fingerprint density at radius 1 is 0.926 bits per heavy atom. The molecule has 1 amide bonds. The van der Waals surface area contributed by atoms with Crippen molar-refractivity contribution in [3.63, 3.8) is 0 Å². The van der Waals surface area contributed by atoms with Gasteiger partial charge in [0.25, 0.3) is 0 Å². The van der Waals surface area contributed by atoms with Gasteiger partial charge in [-0.05, 0) is 30.9 Å². The number of hydrogen-bond acceptors (Lipinski definition) is 3. The molecule has 27 heavy (non-hydrogen) atoms. The van der Waals surface area contributed by atoms with Crippen LogP contribution in [-0.4, -0.2) is 28.8 Å². The van der Waals surface area contributed by atoms with Crippen LogP contribution in [-0.2, 0) is 9.59 Å². The molecule has 0 aliphatic carbocycles. The fourth-order valence-corrected chi connectivity index (χ4v) is 2.85. The van der Waals surface area contributed by atoms with Crippen molar-refractivity contribution < 1.29 is 19.5 Å². The Hall–Kier alpha value is -2.95. The highest BCUT2D eigenvalue weighted by atomic mass is 16.4. The number of carbonyl (C=O) groups excluding carboxylic acids is 2. The fraction of sp³-hybridized carbons (Fsp3) is 0.318. The zero-order valence-electron chi connectivity index (χ0n) is 15.8. The van der Waals surface area contributed by atoms with Crippen molar-refractivity contribution >= 4 is 17.7 Å². The van der Waals surface area contributed by atoms with E-state index < -0.39 is 17.9 Å². The van der Waals surface area contributed by atoms with E-state index in [1.807, 2.05) is 19.9 Å². The van der Waals surface area contributed by atoms with Crippen LogP contribution in [0.1, 0.15) is 54.6 Å². The number of nitrogens with one attached hydrogen (secondary N) is 1. The van der Waals surface area contributed by atoms with E-state index in [9.17, 15) is 19.5 Å². The van der Waals surface area contributed by atoms with Crippen molar-refractivity contribution in [2.45, 2.75) is 39.2 Å². The lowest BCUT2D eigenvalue weighted by molar-refractivity contribution is -0.142. The largest absolute Gasteiger partial charge is 0.480 e. The number of carboxylic acids is 1. The van der Waals surface area contributed by atoms with Gasteiger partial charge in [0.05, 0.1) is 5.92 Å². The minimum Gasteiger partial charge on any atom is -0.480 e. The first-order valence-corrected chi connectivity index (χ1v) is 9.02. The summed E-state index contributed by atoms with van der Waals surface area (Å²) in [6, 6.07) is 14.9. The molecule has 0 aliphatic rings. The molecule has 0 heterocycles. The molecule has 0 saturated heterocycles. The Kier molecular flexibility index (Phi) is 6.88. The molecule has 0 bridgehead atoms. The van der Waals surface area contributed by atoms with Crippen LogP contribution in [0.4, 0.5) is 0 Å². The van der Waals surface area contributed by atoms with Crippen molar-refractivity contribution in [1.29, 1.82) is 0 Å². The van der Waals surface area contributed by atoms with E-state index in [2.05, 4.69) is 5.32 Å². The van der Waals surface area contributed by atoms with Gasteiger partial charge in [0, 0.05) is 11.1 Å². The normalized spacial score (nSPS) is 13.0. The van der Waals surface area contributed by atoms with Gasteiger partial charge in [-0.2, -0.15) is 0 Å². The summed E-state index contributed by atoms with van der Waals surface area (Å²) in [5.74, 6) is -1.95. The van der Waals surface area contributed by atoms with Crippen LogP contribution < -0.4 is 5.32 Å². The van der Waals surface area contributed by atoms with Crippen molar-refractivity contribution in [1.82, 2.24) is 5.32 Å². The Bertz CT molecular complexity index is 814. The highest BCUT2D eigenvalue weighted by molar-refractivity contribution is 6.09. The third kappa shape index (κ3) is 5.51. The van der Waals surface area contributed by atoms with E-state index >= 15 is 0 Å². The molecule has 142 valence electrons. The minimum absolute atomic E-state index is 0.117. The van der Waals surface area contributed by atoms with Gasteiger partial charge in [0.2, 0.25) is 5.91 Å². The van der Waals surface area contributed by atoms with Gasteiger partial charge in [-0.25, -0.2) is 4.79 Å². The maximum atomic E-state index is 12.6. The lowest BCUT2D eigenvalue weighted by atomic mass is 9.94. The second-order valence-corrected chi connectivity index (χ2v) is 7.07. The first-order valence-electron chi connectivity index (χ1n) is 9.02. The van der Waals surface area contributed by atoms with E-state index in [-0.39, 0.29) is 17.6 Å². The van der Waals surface area contributed by atoms with E-state index in [4.69, 9.17) is 0 Å². The van der Waals surface area contributed by atoms with E-state index in [0.717, 1.165) is 0 Å². The molecule has 0 radical (unpaired) electrons. The first-order chi connectivity index (χ1) is 12.8. The summed E-state index contributed by atoms with van der Waals surface area (Å²) in [6.45, 7) is 5.52. The number of amides is 1. The predicted molar refractivity (Wildman–Crippen MR) is 104 cm³/mol. The molecule has 0 saturated carbocycles. The van der Waals surface area contributed by atoms with Gasteiger partial charge < -0.3 is 10.4 Å². The molecule has 1 unspecified atom stereocenters. The summed E-state index contributed by atoms with van der Waals surface area (Å²) in [7, 11) is 0. The zero-order chi connectivity index (χ0) is 20.0. The highest BCUT2D eigenvalue weighted by Gasteiger charge is 2.25. The number of carboxylic acid groups (broad SMARTS) is 1. The van der Waals surface area contributed by atoms with Gasteiger partial charge in [0.15, 0.2) is 5.78 Å². The molecular formula is C22H25NO4. The number of ketones is 1. The quantitative estimate of drug-likeness (QED) is 0.698. The lowest BCUT2D eigenvalue weighted by Gasteiger charge is -2.19. The smallest absolute Gasteiger partial charge is 0.326 e. The molecular weight excluding hydrogens is 342 g/mol. The molecule has 5 nitrogen and oxygen atoms in total. The van der Waals surface area contributed by atoms with Crippen LogP contribution in [0.25, 0.3) is 0 Å². The van der Waals surface area contributed by atoms with Crippen molar-refractivity contribution in [3.8, 4) is 0 Å². The minimum atomic E-state index is -1.04. The summed E-state index contributed by atoms with van der Waals surface area (Å²) in [5.41, 5.74) is 1.74. The van der Waals surface area contributed by atoms with E-state index in [1.54, 1.807) is 55.5 Å². The van der Waals surface area contributed by atoms with Crippen LogP contribution in [0.15, 0.2) is 54.6 Å². The Balaban J connectivity index is 2.16. The van der Waals surface area contributed by atoms with Gasteiger partial charge in [-0.3, -0.25) is 9.59 Å². The van der Waals surface area contributed by atoms with Crippen molar-refractivity contribution in [3.05, 3.63) is 71.3 Å². The summed E-state index contributed by atoms with van der Waals surface area (Å²) < 4.78 is 0. The number of hydrogen-bond donors (Lipinski definition) is 2. The second kappa shape index (κ2) is 9.12. The molecule has 2 rings (SSSR count). The maximum absolute atomic E-state index is 12.6.